The van der Waals surface area contributed by atoms with Crippen LogP contribution in [0.15, 0.2) is 51.7 Å². The number of hydrogen-bond acceptors (Lipinski definition) is 6. The molecule has 1 atom stereocenters. The van der Waals surface area contributed by atoms with Crippen LogP contribution < -0.4 is 14.9 Å². The number of carbonyl (C=O) groups is 1. The summed E-state index contributed by atoms with van der Waals surface area (Å²) in [6, 6.07) is 11.5. The van der Waals surface area contributed by atoms with E-state index < -0.39 is 11.9 Å². The van der Waals surface area contributed by atoms with Crippen molar-refractivity contribution in [2.24, 2.45) is 0 Å². The monoisotopic (exact) mass is 409 g/mol. The summed E-state index contributed by atoms with van der Waals surface area (Å²) >= 11 is 0. The molecule has 4 rings (SSSR count). The van der Waals surface area contributed by atoms with Crippen molar-refractivity contribution >= 4 is 16.9 Å². The molecule has 0 spiro atoms. The second-order valence-electron chi connectivity index (χ2n) is 6.87. The summed E-state index contributed by atoms with van der Waals surface area (Å²) in [6.07, 6.45) is 0. The van der Waals surface area contributed by atoms with E-state index >= 15 is 0 Å². The first kappa shape index (κ1) is 20.0. The highest BCUT2D eigenvalue weighted by molar-refractivity contribution is 5.99. The fraction of sp³-hybridized carbons (Fsp3) is 0.304. The van der Waals surface area contributed by atoms with Gasteiger partial charge in [0.15, 0.2) is 16.9 Å². The maximum atomic E-state index is 13.3. The van der Waals surface area contributed by atoms with Crippen LogP contribution in [0.3, 0.4) is 0 Å². The first-order chi connectivity index (χ1) is 14.6. The fourth-order valence-corrected chi connectivity index (χ4v) is 3.89. The van der Waals surface area contributed by atoms with Crippen LogP contribution in [0.2, 0.25) is 0 Å². The molecule has 1 amide bonds. The lowest BCUT2D eigenvalue weighted by molar-refractivity contribution is 0.0691. The third kappa shape index (κ3) is 3.21. The molecule has 30 heavy (non-hydrogen) atoms. The van der Waals surface area contributed by atoms with Gasteiger partial charge in [0, 0.05) is 6.54 Å². The van der Waals surface area contributed by atoms with Crippen LogP contribution in [-0.4, -0.2) is 42.3 Å². The molecule has 0 fully saturated rings. The molecule has 0 radical (unpaired) electrons. The van der Waals surface area contributed by atoms with Gasteiger partial charge in [-0.05, 0) is 43.7 Å². The molecule has 1 aliphatic rings. The fourth-order valence-electron chi connectivity index (χ4n) is 3.89. The molecule has 7 heteroatoms. The molecule has 0 unspecified atom stereocenters. The second kappa shape index (κ2) is 8.20. The van der Waals surface area contributed by atoms with Crippen molar-refractivity contribution in [3.8, 4) is 11.5 Å². The Hall–Kier alpha value is -3.32. The zero-order valence-electron chi connectivity index (χ0n) is 16.9. The maximum absolute atomic E-state index is 13.3. The first-order valence-electron chi connectivity index (χ1n) is 9.97. The van der Waals surface area contributed by atoms with Crippen molar-refractivity contribution in [1.82, 2.24) is 4.90 Å². The smallest absolute Gasteiger partial charge is 0.290 e. The van der Waals surface area contributed by atoms with Crippen LogP contribution in [0.25, 0.3) is 11.0 Å². The highest BCUT2D eigenvalue weighted by Gasteiger charge is 2.42. The Morgan fingerprint density at radius 2 is 1.77 bits per heavy atom. The number of fused-ring (bicyclic) bond motifs is 2. The van der Waals surface area contributed by atoms with Gasteiger partial charge in [-0.2, -0.15) is 0 Å². The average Bonchev–Trinajstić information content (AvgIpc) is 3.02. The highest BCUT2D eigenvalue weighted by Crippen LogP contribution is 2.40. The molecular formula is C23H23NO6. The number of aliphatic hydroxyl groups excluding tert-OH is 1. The number of benzene rings is 2. The third-order valence-corrected chi connectivity index (χ3v) is 5.10. The lowest BCUT2D eigenvalue weighted by Gasteiger charge is -2.25. The number of aliphatic hydroxyl groups is 1. The molecule has 7 nitrogen and oxygen atoms in total. The van der Waals surface area contributed by atoms with Crippen molar-refractivity contribution < 1.29 is 23.8 Å². The predicted octanol–water partition coefficient (Wildman–Crippen LogP) is 3.13. The summed E-state index contributed by atoms with van der Waals surface area (Å²) in [6.45, 7) is 4.51. The molecule has 0 aliphatic carbocycles. The molecule has 3 aromatic rings. The van der Waals surface area contributed by atoms with E-state index in [9.17, 15) is 14.7 Å². The van der Waals surface area contributed by atoms with Gasteiger partial charge in [0.1, 0.15) is 5.58 Å². The molecule has 0 bridgehead atoms. The highest BCUT2D eigenvalue weighted by atomic mass is 16.5. The minimum Gasteiger partial charge on any atom is -0.490 e. The summed E-state index contributed by atoms with van der Waals surface area (Å²) in [5.74, 6) is 0.724. The number of ether oxygens (including phenoxy) is 2. The third-order valence-electron chi connectivity index (χ3n) is 5.10. The Labute approximate surface area is 173 Å². The van der Waals surface area contributed by atoms with E-state index in [0.29, 0.717) is 41.2 Å². The number of amides is 1. The lowest BCUT2D eigenvalue weighted by atomic mass is 9.98. The van der Waals surface area contributed by atoms with Crippen molar-refractivity contribution in [1.29, 1.82) is 0 Å². The van der Waals surface area contributed by atoms with Gasteiger partial charge >= 0.3 is 0 Å². The van der Waals surface area contributed by atoms with Crippen LogP contribution in [0.4, 0.5) is 0 Å². The number of rotatable bonds is 7. The normalized spacial score (nSPS) is 15.5. The molecule has 0 saturated heterocycles. The van der Waals surface area contributed by atoms with Gasteiger partial charge in [-0.1, -0.05) is 18.2 Å². The van der Waals surface area contributed by atoms with E-state index in [2.05, 4.69) is 0 Å². The quantitative estimate of drug-likeness (QED) is 0.645. The number of carbonyl (C=O) groups excluding carboxylic acids is 1. The molecule has 156 valence electrons. The topological polar surface area (TPSA) is 89.2 Å². The van der Waals surface area contributed by atoms with E-state index in [1.165, 1.54) is 4.90 Å². The standard InChI is InChI=1S/C23H23NO6/c1-3-28-17-10-9-14(13-18(17)29-4-2)20-19-21(26)15-7-5-6-8-16(15)30-22(19)23(27)24(20)11-12-25/h5-10,13,20,25H,3-4,11-12H2,1-2H3/t20-/m1/s1. The van der Waals surface area contributed by atoms with Gasteiger partial charge in [-0.15, -0.1) is 0 Å². The van der Waals surface area contributed by atoms with Crippen LogP contribution in [0, 0.1) is 0 Å². The molecular weight excluding hydrogens is 386 g/mol. The Bertz CT molecular complexity index is 1150. The van der Waals surface area contributed by atoms with Crippen molar-refractivity contribution in [3.05, 3.63) is 69.6 Å². The summed E-state index contributed by atoms with van der Waals surface area (Å²) in [7, 11) is 0. The summed E-state index contributed by atoms with van der Waals surface area (Å²) < 4.78 is 17.2. The minimum absolute atomic E-state index is 0.0176. The van der Waals surface area contributed by atoms with Gasteiger partial charge < -0.3 is 23.9 Å². The van der Waals surface area contributed by atoms with Crippen LogP contribution in [0.5, 0.6) is 11.5 Å². The van der Waals surface area contributed by atoms with Gasteiger partial charge in [-0.3, -0.25) is 9.59 Å². The van der Waals surface area contributed by atoms with Crippen molar-refractivity contribution in [3.63, 3.8) is 0 Å². The predicted molar refractivity (Wildman–Crippen MR) is 111 cm³/mol. The first-order valence-corrected chi connectivity index (χ1v) is 9.97. The van der Waals surface area contributed by atoms with E-state index in [1.54, 1.807) is 42.5 Å². The Kier molecular flexibility index (Phi) is 5.46. The Morgan fingerprint density at radius 1 is 1.03 bits per heavy atom. The lowest BCUT2D eigenvalue weighted by Crippen LogP contribution is -2.32. The van der Waals surface area contributed by atoms with Gasteiger partial charge in [-0.25, -0.2) is 0 Å². The number of nitrogens with zero attached hydrogens (tertiary/aromatic N) is 1. The van der Waals surface area contributed by atoms with E-state index in [1.807, 2.05) is 13.8 Å². The summed E-state index contributed by atoms with van der Waals surface area (Å²) in [4.78, 5) is 27.9. The van der Waals surface area contributed by atoms with E-state index in [-0.39, 0.29) is 29.9 Å². The molecule has 0 saturated carbocycles. The number of hydrogen-bond donors (Lipinski definition) is 1. The zero-order valence-corrected chi connectivity index (χ0v) is 16.9. The van der Waals surface area contributed by atoms with Gasteiger partial charge in [0.25, 0.3) is 5.91 Å². The number of β-amino-alcohol motifs (C(OH)–C–C–N with tert-alkyl or cyclic N) is 1. The molecule has 1 N–H and O–H groups in total. The summed E-state index contributed by atoms with van der Waals surface area (Å²) in [5.41, 5.74) is 1.07. The van der Waals surface area contributed by atoms with Crippen molar-refractivity contribution in [2.45, 2.75) is 19.9 Å². The van der Waals surface area contributed by atoms with Crippen LogP contribution in [-0.2, 0) is 0 Å². The minimum atomic E-state index is -0.685. The van der Waals surface area contributed by atoms with E-state index in [4.69, 9.17) is 13.9 Å². The van der Waals surface area contributed by atoms with Gasteiger partial charge in [0.05, 0.1) is 36.8 Å². The SMILES string of the molecule is CCOc1ccc([C@@H]2c3c(oc4ccccc4c3=O)C(=O)N2CCO)cc1OCC. The van der Waals surface area contributed by atoms with Gasteiger partial charge in [0.2, 0.25) is 5.76 Å². The van der Waals surface area contributed by atoms with Crippen molar-refractivity contribution in [2.75, 3.05) is 26.4 Å². The summed E-state index contributed by atoms with van der Waals surface area (Å²) in [5, 5.41) is 9.97. The average molecular weight is 409 g/mol. The molecule has 2 aromatic carbocycles. The second-order valence-corrected chi connectivity index (χ2v) is 6.87. The number of para-hydroxylation sites is 1. The largest absolute Gasteiger partial charge is 0.490 e. The maximum Gasteiger partial charge on any atom is 0.290 e. The molecule has 1 aliphatic heterocycles. The molecule has 1 aromatic heterocycles. The Balaban J connectivity index is 1.93. The Morgan fingerprint density at radius 3 is 2.50 bits per heavy atom. The molecule has 2 heterocycles. The van der Waals surface area contributed by atoms with Crippen LogP contribution in [0.1, 0.15) is 41.6 Å². The van der Waals surface area contributed by atoms with Crippen LogP contribution >= 0.6 is 0 Å². The van der Waals surface area contributed by atoms with E-state index in [0.717, 1.165) is 0 Å². The zero-order chi connectivity index (χ0) is 21.3.